The Kier molecular flexibility index (Phi) is 4.11. The number of benzene rings is 1. The second kappa shape index (κ2) is 5.99. The zero-order valence-corrected chi connectivity index (χ0v) is 11.4. The molecule has 1 N–H and O–H groups in total. The summed E-state index contributed by atoms with van der Waals surface area (Å²) in [4.78, 5) is 31.9. The van der Waals surface area contributed by atoms with Crippen molar-refractivity contribution in [1.29, 1.82) is 0 Å². The Morgan fingerprint density at radius 1 is 1.27 bits per heavy atom. The fraction of sp³-hybridized carbons (Fsp3) is 0.167. The van der Waals surface area contributed by atoms with Gasteiger partial charge in [0.25, 0.3) is 5.69 Å². The van der Waals surface area contributed by atoms with Crippen LogP contribution in [0, 0.1) is 27.2 Å². The lowest BCUT2D eigenvalue weighted by Crippen LogP contribution is -2.19. The number of aromatic nitrogens is 2. The predicted molar refractivity (Wildman–Crippen MR) is 75.3 cm³/mol. The van der Waals surface area contributed by atoms with Gasteiger partial charge in [-0.15, -0.1) is 0 Å². The summed E-state index contributed by atoms with van der Waals surface area (Å²) in [7, 11) is 0. The third-order valence-electron chi connectivity index (χ3n) is 2.83. The summed E-state index contributed by atoms with van der Waals surface area (Å²) in [6, 6.07) is 4.05. The molecule has 10 nitrogen and oxygen atoms in total. The topological polar surface area (TPSA) is 133 Å². The monoisotopic (exact) mass is 305 g/mol. The maximum absolute atomic E-state index is 11.9. The molecule has 114 valence electrons. The summed E-state index contributed by atoms with van der Waals surface area (Å²) in [5.74, 6) is -0.449. The van der Waals surface area contributed by atoms with Crippen molar-refractivity contribution in [2.75, 3.05) is 5.32 Å². The first-order chi connectivity index (χ1) is 10.4. The lowest BCUT2D eigenvalue weighted by molar-refractivity contribution is -0.385. The van der Waals surface area contributed by atoms with Crippen molar-refractivity contribution in [2.45, 2.75) is 13.5 Å². The van der Waals surface area contributed by atoms with E-state index in [0.29, 0.717) is 11.3 Å². The summed E-state index contributed by atoms with van der Waals surface area (Å²) >= 11 is 0. The first-order valence-electron chi connectivity index (χ1n) is 6.08. The Morgan fingerprint density at radius 2 is 1.95 bits per heavy atom. The molecule has 0 aliphatic carbocycles. The van der Waals surface area contributed by atoms with Gasteiger partial charge < -0.3 is 5.32 Å². The van der Waals surface area contributed by atoms with Gasteiger partial charge in [-0.2, -0.15) is 5.10 Å². The van der Waals surface area contributed by atoms with E-state index in [9.17, 15) is 25.0 Å². The van der Waals surface area contributed by atoms with Crippen LogP contribution in [0.1, 0.15) is 5.56 Å². The van der Waals surface area contributed by atoms with E-state index in [-0.39, 0.29) is 17.9 Å². The summed E-state index contributed by atoms with van der Waals surface area (Å²) in [5, 5.41) is 27.4. The molecule has 0 spiro atoms. The van der Waals surface area contributed by atoms with Crippen LogP contribution in [0.4, 0.5) is 17.1 Å². The van der Waals surface area contributed by atoms with Gasteiger partial charge in [0.15, 0.2) is 0 Å². The molecule has 22 heavy (non-hydrogen) atoms. The van der Waals surface area contributed by atoms with Gasteiger partial charge in [-0.3, -0.25) is 29.7 Å². The average Bonchev–Trinajstić information content (AvgIpc) is 2.89. The zero-order valence-electron chi connectivity index (χ0n) is 11.4. The average molecular weight is 305 g/mol. The number of nitro groups is 2. The van der Waals surface area contributed by atoms with Crippen LogP contribution in [-0.2, 0) is 11.3 Å². The van der Waals surface area contributed by atoms with Gasteiger partial charge in [-0.1, -0.05) is 0 Å². The zero-order chi connectivity index (χ0) is 16.3. The largest absolute Gasteiger partial charge is 0.324 e. The van der Waals surface area contributed by atoms with Gasteiger partial charge in [-0.05, 0) is 18.6 Å². The highest BCUT2D eigenvalue weighted by Crippen LogP contribution is 2.21. The highest BCUT2D eigenvalue weighted by atomic mass is 16.6. The van der Waals surface area contributed by atoms with Crippen LogP contribution in [0.5, 0.6) is 0 Å². The van der Waals surface area contributed by atoms with Gasteiger partial charge >= 0.3 is 5.69 Å². The molecule has 1 aromatic carbocycles. The Morgan fingerprint density at radius 3 is 2.50 bits per heavy atom. The first kappa shape index (κ1) is 15.1. The van der Waals surface area contributed by atoms with Gasteiger partial charge in [0.2, 0.25) is 5.91 Å². The Hall–Kier alpha value is -3.30. The number of nitrogens with one attached hydrogen (secondary N) is 1. The summed E-state index contributed by atoms with van der Waals surface area (Å²) in [6.45, 7) is 1.42. The van der Waals surface area contributed by atoms with Crippen LogP contribution in [0.15, 0.2) is 30.6 Å². The smallest absolute Gasteiger partial charge is 0.307 e. The normalized spacial score (nSPS) is 10.2. The molecule has 0 radical (unpaired) electrons. The van der Waals surface area contributed by atoms with Gasteiger partial charge in [0.1, 0.15) is 18.9 Å². The second-order valence-electron chi connectivity index (χ2n) is 4.46. The predicted octanol–water partition coefficient (Wildman–Crippen LogP) is 1.65. The summed E-state index contributed by atoms with van der Waals surface area (Å²) in [6.07, 6.45) is 2.19. The lowest BCUT2D eigenvalue weighted by Gasteiger charge is -2.08. The number of nitrogens with zero attached hydrogens (tertiary/aromatic N) is 4. The molecule has 0 aliphatic rings. The van der Waals surface area contributed by atoms with Crippen LogP contribution in [0.3, 0.4) is 0 Å². The van der Waals surface area contributed by atoms with Crippen molar-refractivity contribution in [2.24, 2.45) is 0 Å². The van der Waals surface area contributed by atoms with Crippen LogP contribution >= 0.6 is 0 Å². The standard InChI is InChI=1S/C12H11N5O5/c1-8-4-9(16(19)20)2-3-11(8)14-12(18)7-15-6-10(5-13-15)17(21)22/h2-6H,7H2,1H3,(H,14,18). The molecule has 1 amide bonds. The van der Waals surface area contributed by atoms with Crippen LogP contribution in [-0.4, -0.2) is 25.5 Å². The summed E-state index contributed by atoms with van der Waals surface area (Å²) in [5.41, 5.74) is 0.684. The van der Waals surface area contributed by atoms with E-state index in [4.69, 9.17) is 0 Å². The van der Waals surface area contributed by atoms with Crippen molar-refractivity contribution in [3.63, 3.8) is 0 Å². The lowest BCUT2D eigenvalue weighted by atomic mass is 10.2. The van der Waals surface area contributed by atoms with Crippen LogP contribution in [0.2, 0.25) is 0 Å². The first-order valence-corrected chi connectivity index (χ1v) is 6.08. The minimum atomic E-state index is -0.609. The number of hydrogen-bond donors (Lipinski definition) is 1. The van der Waals surface area contributed by atoms with E-state index in [2.05, 4.69) is 10.4 Å². The molecule has 10 heteroatoms. The minimum Gasteiger partial charge on any atom is -0.324 e. The molecule has 0 saturated heterocycles. The van der Waals surface area contributed by atoms with E-state index in [1.807, 2.05) is 0 Å². The van der Waals surface area contributed by atoms with Gasteiger partial charge in [0, 0.05) is 17.8 Å². The van der Waals surface area contributed by atoms with E-state index < -0.39 is 15.8 Å². The Bertz CT molecular complexity index is 754. The van der Waals surface area contributed by atoms with Crippen molar-refractivity contribution in [3.05, 3.63) is 56.4 Å². The summed E-state index contributed by atoms with van der Waals surface area (Å²) < 4.78 is 1.13. The number of rotatable bonds is 5. The van der Waals surface area contributed by atoms with Crippen LogP contribution in [0.25, 0.3) is 0 Å². The molecule has 0 aliphatic heterocycles. The van der Waals surface area contributed by atoms with Crippen molar-refractivity contribution in [1.82, 2.24) is 9.78 Å². The number of amides is 1. The molecular weight excluding hydrogens is 294 g/mol. The Balaban J connectivity index is 2.05. The van der Waals surface area contributed by atoms with E-state index in [1.165, 1.54) is 18.2 Å². The number of nitro benzene ring substituents is 1. The number of non-ortho nitro benzene ring substituents is 1. The number of carbonyl (C=O) groups is 1. The molecule has 1 aromatic heterocycles. The number of carbonyl (C=O) groups excluding carboxylic acids is 1. The van der Waals surface area contributed by atoms with Crippen LogP contribution < -0.4 is 5.32 Å². The highest BCUT2D eigenvalue weighted by molar-refractivity contribution is 5.91. The third kappa shape index (κ3) is 3.42. The number of anilines is 1. The van der Waals surface area contributed by atoms with Crippen molar-refractivity contribution < 1.29 is 14.6 Å². The second-order valence-corrected chi connectivity index (χ2v) is 4.46. The number of hydrogen-bond acceptors (Lipinski definition) is 6. The van der Waals surface area contributed by atoms with Gasteiger partial charge in [-0.25, -0.2) is 0 Å². The van der Waals surface area contributed by atoms with Crippen molar-refractivity contribution in [3.8, 4) is 0 Å². The highest BCUT2D eigenvalue weighted by Gasteiger charge is 2.13. The van der Waals surface area contributed by atoms with Gasteiger partial charge in [0.05, 0.1) is 9.85 Å². The molecule has 1 heterocycles. The quantitative estimate of drug-likeness (QED) is 0.659. The SMILES string of the molecule is Cc1cc([N+](=O)[O-])ccc1NC(=O)Cn1cc([N+](=O)[O-])cn1. The maximum Gasteiger partial charge on any atom is 0.307 e. The molecular formula is C12H11N5O5. The number of aryl methyl sites for hydroxylation is 1. The third-order valence-corrected chi connectivity index (χ3v) is 2.83. The molecule has 0 unspecified atom stereocenters. The molecule has 0 saturated carbocycles. The fourth-order valence-electron chi connectivity index (χ4n) is 1.77. The van der Waals surface area contributed by atoms with E-state index in [0.717, 1.165) is 17.1 Å². The van der Waals surface area contributed by atoms with E-state index >= 15 is 0 Å². The molecule has 0 bridgehead atoms. The molecule has 0 fully saturated rings. The maximum atomic E-state index is 11.9. The fourth-order valence-corrected chi connectivity index (χ4v) is 1.77. The minimum absolute atomic E-state index is 0.0711. The Labute approximate surface area is 123 Å². The van der Waals surface area contributed by atoms with Crippen molar-refractivity contribution >= 4 is 23.0 Å². The molecule has 2 rings (SSSR count). The molecule has 2 aromatic rings. The van der Waals surface area contributed by atoms with E-state index in [1.54, 1.807) is 6.92 Å². The molecule has 0 atom stereocenters.